The molecule has 0 aliphatic heterocycles. The van der Waals surface area contributed by atoms with Gasteiger partial charge in [-0.3, -0.25) is 0 Å². The number of fused-ring (bicyclic) bond motifs is 2. The highest BCUT2D eigenvalue weighted by atomic mass is 16.5. The van der Waals surface area contributed by atoms with Crippen molar-refractivity contribution >= 4 is 21.5 Å². The number of pyridine rings is 1. The summed E-state index contributed by atoms with van der Waals surface area (Å²) in [5.41, 5.74) is 5.99. The van der Waals surface area contributed by atoms with Gasteiger partial charge in [-0.2, -0.15) is 0 Å². The smallest absolute Gasteiger partial charge is 0.213 e. The van der Waals surface area contributed by atoms with E-state index in [-0.39, 0.29) is 0 Å². The molecule has 3 heteroatoms. The van der Waals surface area contributed by atoms with Crippen LogP contribution in [0.4, 0.5) is 0 Å². The van der Waals surface area contributed by atoms with Crippen LogP contribution in [-0.4, -0.2) is 14.2 Å². The lowest BCUT2D eigenvalue weighted by Gasteiger charge is -2.15. The third-order valence-electron chi connectivity index (χ3n) is 5.88. The van der Waals surface area contributed by atoms with Crippen LogP contribution in [0.5, 0.6) is 11.5 Å². The van der Waals surface area contributed by atoms with E-state index in [1.165, 1.54) is 32.7 Å². The molecule has 0 atom stereocenters. The van der Waals surface area contributed by atoms with Crippen LogP contribution in [0, 0.1) is 20.8 Å². The quantitative estimate of drug-likeness (QED) is 0.354. The van der Waals surface area contributed by atoms with E-state index in [1.54, 1.807) is 14.2 Å². The first-order valence-corrected chi connectivity index (χ1v) is 9.50. The van der Waals surface area contributed by atoms with Gasteiger partial charge < -0.3 is 9.47 Å². The van der Waals surface area contributed by atoms with E-state index in [0.29, 0.717) is 0 Å². The molecule has 0 aliphatic carbocycles. The molecule has 0 aliphatic rings. The number of benzene rings is 3. The van der Waals surface area contributed by atoms with Crippen molar-refractivity contribution in [1.82, 2.24) is 0 Å². The fourth-order valence-electron chi connectivity index (χ4n) is 4.21. The Morgan fingerprint density at radius 2 is 1.36 bits per heavy atom. The molecule has 142 valence electrons. The second-order valence-corrected chi connectivity index (χ2v) is 7.39. The van der Waals surface area contributed by atoms with E-state index < -0.39 is 0 Å². The molecule has 0 unspecified atom stereocenters. The van der Waals surface area contributed by atoms with Gasteiger partial charge >= 0.3 is 0 Å². The number of hydrogen-bond donors (Lipinski definition) is 0. The molecule has 0 radical (unpaired) electrons. The van der Waals surface area contributed by atoms with Crippen molar-refractivity contribution in [2.24, 2.45) is 7.05 Å². The van der Waals surface area contributed by atoms with E-state index in [2.05, 4.69) is 75.0 Å². The Bertz CT molecular complexity index is 1220. The number of ether oxygens (including phenoxy) is 2. The van der Waals surface area contributed by atoms with Crippen molar-refractivity contribution in [3.05, 3.63) is 65.4 Å². The van der Waals surface area contributed by atoms with Gasteiger partial charge in [0.25, 0.3) is 0 Å². The van der Waals surface area contributed by atoms with Gasteiger partial charge in [0.05, 0.1) is 19.8 Å². The van der Waals surface area contributed by atoms with Gasteiger partial charge in [-0.25, -0.2) is 4.57 Å². The topological polar surface area (TPSA) is 22.3 Å². The van der Waals surface area contributed by atoms with Gasteiger partial charge in [-0.15, -0.1) is 0 Å². The van der Waals surface area contributed by atoms with Crippen molar-refractivity contribution in [2.45, 2.75) is 20.8 Å². The second-order valence-electron chi connectivity index (χ2n) is 7.39. The van der Waals surface area contributed by atoms with Crippen molar-refractivity contribution < 1.29 is 14.0 Å². The van der Waals surface area contributed by atoms with Crippen LogP contribution in [0.15, 0.2) is 48.7 Å². The first kappa shape index (κ1) is 18.3. The molecule has 3 aromatic carbocycles. The Morgan fingerprint density at radius 1 is 0.714 bits per heavy atom. The van der Waals surface area contributed by atoms with Gasteiger partial charge in [-0.05, 0) is 54.1 Å². The third kappa shape index (κ3) is 2.70. The molecule has 4 aromatic rings. The Kier molecular flexibility index (Phi) is 4.46. The third-order valence-corrected chi connectivity index (χ3v) is 5.88. The van der Waals surface area contributed by atoms with E-state index in [1.807, 2.05) is 6.07 Å². The molecule has 0 N–H and O–H groups in total. The molecule has 1 aromatic heterocycles. The summed E-state index contributed by atoms with van der Waals surface area (Å²) in [5.74, 6) is 1.63. The SMILES string of the molecule is COc1cc(OC)c(C)c(-c2cc3c(C)c4ccccc4c(C)c3c[n+]2C)c1. The number of hydrogen-bond acceptors (Lipinski definition) is 2. The Morgan fingerprint density at radius 3 is 1.96 bits per heavy atom. The van der Waals surface area contributed by atoms with Crippen LogP contribution in [0.25, 0.3) is 32.8 Å². The van der Waals surface area contributed by atoms with Crippen LogP contribution in [-0.2, 0) is 7.05 Å². The Labute approximate surface area is 166 Å². The van der Waals surface area contributed by atoms with E-state index in [9.17, 15) is 0 Å². The molecule has 0 spiro atoms. The average molecular weight is 372 g/mol. The summed E-state index contributed by atoms with van der Waals surface area (Å²) in [4.78, 5) is 0. The molecule has 0 amide bonds. The maximum atomic E-state index is 5.59. The van der Waals surface area contributed by atoms with Gasteiger partial charge in [0.2, 0.25) is 5.69 Å². The fraction of sp³-hybridized carbons (Fsp3) is 0.240. The van der Waals surface area contributed by atoms with Crippen molar-refractivity contribution in [3.63, 3.8) is 0 Å². The molecule has 3 nitrogen and oxygen atoms in total. The number of methoxy groups -OCH3 is 2. The predicted molar refractivity (Wildman–Crippen MR) is 115 cm³/mol. The number of aromatic nitrogens is 1. The van der Waals surface area contributed by atoms with Gasteiger partial charge in [0, 0.05) is 23.1 Å². The lowest BCUT2D eigenvalue weighted by atomic mass is 9.92. The Balaban J connectivity index is 2.09. The molecule has 28 heavy (non-hydrogen) atoms. The van der Waals surface area contributed by atoms with Crippen LogP contribution >= 0.6 is 0 Å². The average Bonchev–Trinajstić information content (AvgIpc) is 2.72. The second kappa shape index (κ2) is 6.83. The minimum Gasteiger partial charge on any atom is -0.497 e. The summed E-state index contributed by atoms with van der Waals surface area (Å²) in [6, 6.07) is 15.0. The summed E-state index contributed by atoms with van der Waals surface area (Å²) in [6.07, 6.45) is 2.24. The van der Waals surface area contributed by atoms with Crippen LogP contribution in [0.3, 0.4) is 0 Å². The summed E-state index contributed by atoms with van der Waals surface area (Å²) in [6.45, 7) is 6.52. The summed E-state index contributed by atoms with van der Waals surface area (Å²) in [5, 5.41) is 5.20. The normalized spacial score (nSPS) is 11.2. The lowest BCUT2D eigenvalue weighted by Crippen LogP contribution is -2.31. The van der Waals surface area contributed by atoms with Gasteiger partial charge in [-0.1, -0.05) is 24.3 Å². The number of nitrogens with zero attached hydrogens (tertiary/aromatic N) is 1. The van der Waals surface area contributed by atoms with Gasteiger partial charge in [0.15, 0.2) is 6.20 Å². The summed E-state index contributed by atoms with van der Waals surface area (Å²) in [7, 11) is 5.49. The largest absolute Gasteiger partial charge is 0.497 e. The van der Waals surface area contributed by atoms with Crippen molar-refractivity contribution in [3.8, 4) is 22.8 Å². The highest BCUT2D eigenvalue weighted by Crippen LogP contribution is 2.36. The minimum absolute atomic E-state index is 0.795. The standard InChI is InChI=1S/C25H26NO2/c1-15-19-9-7-8-10-20(19)16(2)23-14-26(4)24(13-21(15)23)22-11-18(27-5)12-25(28-6)17(22)3/h7-14H,1-6H3/q+1. The lowest BCUT2D eigenvalue weighted by molar-refractivity contribution is -0.659. The summed E-state index contributed by atoms with van der Waals surface area (Å²) < 4.78 is 13.3. The molecule has 0 bridgehead atoms. The maximum absolute atomic E-state index is 5.59. The number of aryl methyl sites for hydroxylation is 3. The Hall–Kier alpha value is -3.07. The molecule has 4 rings (SSSR count). The zero-order valence-corrected chi connectivity index (χ0v) is 17.4. The molecule has 0 fully saturated rings. The fourth-order valence-corrected chi connectivity index (χ4v) is 4.21. The monoisotopic (exact) mass is 372 g/mol. The van der Waals surface area contributed by atoms with E-state index >= 15 is 0 Å². The first-order valence-electron chi connectivity index (χ1n) is 9.50. The molecular formula is C25H26NO2+. The van der Waals surface area contributed by atoms with Crippen LogP contribution in [0.2, 0.25) is 0 Å². The van der Waals surface area contributed by atoms with Gasteiger partial charge in [0.1, 0.15) is 18.5 Å². The molecule has 1 heterocycles. The summed E-state index contributed by atoms with van der Waals surface area (Å²) >= 11 is 0. The first-order chi connectivity index (χ1) is 13.5. The predicted octanol–water partition coefficient (Wildman–Crippen LogP) is 5.43. The highest BCUT2D eigenvalue weighted by Gasteiger charge is 2.20. The zero-order valence-electron chi connectivity index (χ0n) is 17.4. The van der Waals surface area contributed by atoms with Crippen molar-refractivity contribution in [1.29, 1.82) is 0 Å². The highest BCUT2D eigenvalue weighted by molar-refractivity contribution is 6.05. The molecule has 0 saturated heterocycles. The van der Waals surface area contributed by atoms with E-state index in [0.717, 1.165) is 28.3 Å². The molecular weight excluding hydrogens is 346 g/mol. The maximum Gasteiger partial charge on any atom is 0.213 e. The molecule has 0 saturated carbocycles. The number of rotatable bonds is 3. The van der Waals surface area contributed by atoms with E-state index in [4.69, 9.17) is 9.47 Å². The van der Waals surface area contributed by atoms with Crippen LogP contribution < -0.4 is 14.0 Å². The zero-order chi connectivity index (χ0) is 20.0. The van der Waals surface area contributed by atoms with Crippen molar-refractivity contribution in [2.75, 3.05) is 14.2 Å². The minimum atomic E-state index is 0.795. The van der Waals surface area contributed by atoms with Crippen LogP contribution in [0.1, 0.15) is 16.7 Å².